The summed E-state index contributed by atoms with van der Waals surface area (Å²) in [6.07, 6.45) is -0.842. The van der Waals surface area contributed by atoms with Gasteiger partial charge in [0.1, 0.15) is 11.9 Å². The average molecular weight is 710 g/mol. The standard InChI is InChI=1S/C40H39NO11/c1-21-7-6-8-29(22(21)2)48-19-34(42)41-25-11-9-23(10-12-25)13-35(43)52-38-27-17-31-30(50-20-51-31)16-26(27)36(37-28(38)18-49-40(37)44)24-14-32(45-3)39(47-5)33(15-24)46-4/h6-12,14-17,28,36-38H,13,18-20H2,1-5H3,(H,41,42)/t28-,36+,37-,38-/m0/s1. The minimum atomic E-state index is -0.803. The summed E-state index contributed by atoms with van der Waals surface area (Å²) in [4.78, 5) is 39.7. The lowest BCUT2D eigenvalue weighted by Crippen LogP contribution is -2.36. The van der Waals surface area contributed by atoms with E-state index in [1.54, 1.807) is 24.3 Å². The Hall–Kier alpha value is -5.91. The van der Waals surface area contributed by atoms with E-state index in [2.05, 4.69) is 5.32 Å². The van der Waals surface area contributed by atoms with Gasteiger partial charge in [-0.05, 0) is 84.1 Å². The highest BCUT2D eigenvalue weighted by molar-refractivity contribution is 5.92. The molecule has 1 saturated heterocycles. The Bertz CT molecular complexity index is 2000. The van der Waals surface area contributed by atoms with Crippen LogP contribution < -0.4 is 33.7 Å². The SMILES string of the molecule is COc1cc([C@@H]2c3cc4c(cc3[C@H](OC(=O)Cc3ccc(NC(=O)COc5cccc(C)c5C)cc3)[C@H]3COC(=O)[C@H]23)OCO4)cc(OC)c1OC. The molecule has 1 fully saturated rings. The molecule has 0 spiro atoms. The van der Waals surface area contributed by atoms with Gasteiger partial charge in [0.25, 0.3) is 5.91 Å². The first-order chi connectivity index (χ1) is 25.2. The number of rotatable bonds is 11. The maximum absolute atomic E-state index is 13.6. The first-order valence-electron chi connectivity index (χ1n) is 16.9. The molecule has 4 atom stereocenters. The summed E-state index contributed by atoms with van der Waals surface area (Å²) in [6, 6.07) is 19.9. The lowest BCUT2D eigenvalue weighted by Gasteiger charge is -2.38. The molecule has 0 saturated carbocycles. The molecule has 4 aromatic carbocycles. The van der Waals surface area contributed by atoms with Crippen molar-refractivity contribution in [3.8, 4) is 34.5 Å². The van der Waals surface area contributed by atoms with Crippen LogP contribution in [0.1, 0.15) is 45.4 Å². The Morgan fingerprint density at radius 1 is 0.827 bits per heavy atom. The van der Waals surface area contributed by atoms with Crippen molar-refractivity contribution >= 4 is 23.5 Å². The van der Waals surface area contributed by atoms with E-state index < -0.39 is 35.8 Å². The number of methoxy groups -OCH3 is 3. The van der Waals surface area contributed by atoms with Crippen LogP contribution >= 0.6 is 0 Å². The highest BCUT2D eigenvalue weighted by Gasteiger charge is 2.54. The van der Waals surface area contributed by atoms with E-state index in [9.17, 15) is 14.4 Å². The Kier molecular flexibility index (Phi) is 9.55. The third-order valence-electron chi connectivity index (χ3n) is 9.92. The Balaban J connectivity index is 1.11. The van der Waals surface area contributed by atoms with Gasteiger partial charge in [-0.15, -0.1) is 0 Å². The number of carbonyl (C=O) groups excluding carboxylic acids is 3. The van der Waals surface area contributed by atoms with E-state index in [1.807, 2.05) is 56.3 Å². The molecular weight excluding hydrogens is 670 g/mol. The molecule has 0 unspecified atom stereocenters. The molecule has 1 N–H and O–H groups in total. The van der Waals surface area contributed by atoms with Crippen LogP contribution in [0, 0.1) is 25.7 Å². The molecule has 4 aromatic rings. The fraction of sp³-hybridized carbons (Fsp3) is 0.325. The highest BCUT2D eigenvalue weighted by atomic mass is 16.7. The molecule has 7 rings (SSSR count). The second-order valence-corrected chi connectivity index (χ2v) is 12.9. The van der Waals surface area contributed by atoms with Gasteiger partial charge < -0.3 is 43.2 Å². The zero-order chi connectivity index (χ0) is 36.5. The van der Waals surface area contributed by atoms with Crippen LogP contribution in [-0.2, 0) is 30.3 Å². The minimum Gasteiger partial charge on any atom is -0.493 e. The minimum absolute atomic E-state index is 0.0388. The quantitative estimate of drug-likeness (QED) is 0.188. The molecule has 3 aliphatic rings. The largest absolute Gasteiger partial charge is 0.493 e. The summed E-state index contributed by atoms with van der Waals surface area (Å²) in [5.74, 6) is 0.114. The molecule has 1 aliphatic carbocycles. The third-order valence-corrected chi connectivity index (χ3v) is 9.92. The number of amides is 1. The topological polar surface area (TPSA) is 137 Å². The molecule has 12 nitrogen and oxygen atoms in total. The van der Waals surface area contributed by atoms with Crippen molar-refractivity contribution in [2.24, 2.45) is 11.8 Å². The van der Waals surface area contributed by atoms with E-state index in [4.69, 9.17) is 37.9 Å². The van der Waals surface area contributed by atoms with Crippen LogP contribution in [0.3, 0.4) is 0 Å². The van der Waals surface area contributed by atoms with Crippen LogP contribution in [0.2, 0.25) is 0 Å². The first-order valence-corrected chi connectivity index (χ1v) is 16.9. The van der Waals surface area contributed by atoms with Crippen molar-refractivity contribution in [1.29, 1.82) is 0 Å². The van der Waals surface area contributed by atoms with Gasteiger partial charge in [-0.1, -0.05) is 24.3 Å². The molecule has 270 valence electrons. The Labute approximate surface area is 300 Å². The number of ether oxygens (including phenoxy) is 8. The van der Waals surface area contributed by atoms with Gasteiger partial charge >= 0.3 is 11.9 Å². The number of esters is 2. The number of hydrogen-bond acceptors (Lipinski definition) is 11. The smallest absolute Gasteiger partial charge is 0.310 e. The van der Waals surface area contributed by atoms with Gasteiger partial charge in [-0.25, -0.2) is 0 Å². The third kappa shape index (κ3) is 6.52. The Morgan fingerprint density at radius 3 is 2.19 bits per heavy atom. The number of benzene rings is 4. The summed E-state index contributed by atoms with van der Waals surface area (Å²) in [6.45, 7) is 3.90. The highest BCUT2D eigenvalue weighted by Crippen LogP contribution is 2.56. The van der Waals surface area contributed by atoms with E-state index in [0.29, 0.717) is 51.3 Å². The summed E-state index contributed by atoms with van der Waals surface area (Å²) in [7, 11) is 4.59. The van der Waals surface area contributed by atoms with Crippen molar-refractivity contribution in [3.63, 3.8) is 0 Å². The summed E-state index contributed by atoms with van der Waals surface area (Å²) in [5, 5.41) is 2.82. The van der Waals surface area contributed by atoms with Crippen molar-refractivity contribution in [3.05, 3.63) is 100 Å². The number of carbonyl (C=O) groups is 3. The fourth-order valence-electron chi connectivity index (χ4n) is 7.22. The van der Waals surface area contributed by atoms with Gasteiger partial charge in [-0.2, -0.15) is 0 Å². The Morgan fingerprint density at radius 2 is 1.52 bits per heavy atom. The van der Waals surface area contributed by atoms with Gasteiger partial charge in [-0.3, -0.25) is 14.4 Å². The van der Waals surface area contributed by atoms with Crippen LogP contribution in [0.15, 0.2) is 66.7 Å². The number of cyclic esters (lactones) is 1. The average Bonchev–Trinajstić information content (AvgIpc) is 3.77. The van der Waals surface area contributed by atoms with Crippen molar-refractivity contribution in [2.75, 3.05) is 46.7 Å². The van der Waals surface area contributed by atoms with Crippen LogP contribution in [0.5, 0.6) is 34.5 Å². The van der Waals surface area contributed by atoms with E-state index in [0.717, 1.165) is 22.3 Å². The number of nitrogens with one attached hydrogen (secondary N) is 1. The van der Waals surface area contributed by atoms with Crippen molar-refractivity contribution in [2.45, 2.75) is 32.3 Å². The second kappa shape index (κ2) is 14.4. The summed E-state index contributed by atoms with van der Waals surface area (Å²) < 4.78 is 45.9. The van der Waals surface area contributed by atoms with Crippen molar-refractivity contribution in [1.82, 2.24) is 0 Å². The molecule has 2 heterocycles. The van der Waals surface area contributed by atoms with Gasteiger partial charge in [0, 0.05) is 23.1 Å². The van der Waals surface area contributed by atoms with Crippen LogP contribution in [-0.4, -0.2) is 59.2 Å². The van der Waals surface area contributed by atoms with Gasteiger partial charge in [0.05, 0.1) is 40.3 Å². The number of fused-ring (bicyclic) bond motifs is 3. The zero-order valence-corrected chi connectivity index (χ0v) is 29.5. The number of hydrogen-bond donors (Lipinski definition) is 1. The fourth-order valence-corrected chi connectivity index (χ4v) is 7.22. The second-order valence-electron chi connectivity index (χ2n) is 12.9. The molecule has 52 heavy (non-hydrogen) atoms. The van der Waals surface area contributed by atoms with Gasteiger partial charge in [0.2, 0.25) is 12.5 Å². The van der Waals surface area contributed by atoms with Crippen molar-refractivity contribution < 1.29 is 52.3 Å². The lowest BCUT2D eigenvalue weighted by molar-refractivity contribution is -0.153. The molecule has 2 aliphatic heterocycles. The normalized spacial score (nSPS) is 19.5. The van der Waals surface area contributed by atoms with E-state index in [-0.39, 0.29) is 32.3 Å². The predicted octanol–water partition coefficient (Wildman–Crippen LogP) is 5.84. The predicted molar refractivity (Wildman–Crippen MR) is 187 cm³/mol. The molecule has 0 bridgehead atoms. The maximum atomic E-state index is 13.6. The van der Waals surface area contributed by atoms with E-state index in [1.165, 1.54) is 21.3 Å². The molecule has 0 aromatic heterocycles. The number of anilines is 1. The monoisotopic (exact) mass is 709 g/mol. The zero-order valence-electron chi connectivity index (χ0n) is 29.5. The molecule has 0 radical (unpaired) electrons. The molecule has 1 amide bonds. The molecule has 12 heteroatoms. The summed E-state index contributed by atoms with van der Waals surface area (Å²) in [5.41, 5.74) is 5.47. The number of aryl methyl sites for hydroxylation is 1. The van der Waals surface area contributed by atoms with Crippen LogP contribution in [0.25, 0.3) is 0 Å². The summed E-state index contributed by atoms with van der Waals surface area (Å²) >= 11 is 0. The van der Waals surface area contributed by atoms with Crippen LogP contribution in [0.4, 0.5) is 5.69 Å². The van der Waals surface area contributed by atoms with Gasteiger partial charge in [0.15, 0.2) is 29.6 Å². The maximum Gasteiger partial charge on any atom is 0.310 e. The molecular formula is C40H39NO11. The first kappa shape index (κ1) is 34.5. The van der Waals surface area contributed by atoms with E-state index >= 15 is 0 Å². The lowest BCUT2D eigenvalue weighted by atomic mass is 9.66.